The molecule has 0 amide bonds. The zero-order valence-electron chi connectivity index (χ0n) is 12.6. The van der Waals surface area contributed by atoms with Gasteiger partial charge in [0.25, 0.3) is 0 Å². The van der Waals surface area contributed by atoms with E-state index in [1.807, 2.05) is 36.3 Å². The van der Waals surface area contributed by atoms with Gasteiger partial charge in [-0.3, -0.25) is 9.58 Å². The number of rotatable bonds is 5. The Morgan fingerprint density at radius 1 is 1.43 bits per heavy atom. The van der Waals surface area contributed by atoms with Crippen molar-refractivity contribution in [3.63, 3.8) is 0 Å². The van der Waals surface area contributed by atoms with Crippen molar-refractivity contribution >= 4 is 23.7 Å². The highest BCUT2D eigenvalue weighted by molar-refractivity contribution is 7.15. The Hall–Kier alpha value is -0.880. The van der Waals surface area contributed by atoms with Crippen molar-refractivity contribution < 1.29 is 0 Å². The minimum atomic E-state index is 0. The summed E-state index contributed by atoms with van der Waals surface area (Å²) >= 11 is 1.89. The molecule has 21 heavy (non-hydrogen) atoms. The topological polar surface area (TPSA) is 33.1 Å². The molecule has 3 rings (SSSR count). The van der Waals surface area contributed by atoms with Gasteiger partial charge in [-0.05, 0) is 44.6 Å². The smallest absolute Gasteiger partial charge is 0.0576 e. The summed E-state index contributed by atoms with van der Waals surface area (Å²) in [5, 5.41) is 7.53. The number of thiophene rings is 1. The first kappa shape index (κ1) is 16.5. The molecule has 1 atom stereocenters. The second-order valence-corrected chi connectivity index (χ2v) is 6.78. The van der Waals surface area contributed by atoms with Gasteiger partial charge in [-0.15, -0.1) is 23.7 Å². The van der Waals surface area contributed by atoms with Gasteiger partial charge in [0.2, 0.25) is 0 Å². The lowest BCUT2D eigenvalue weighted by molar-refractivity contribution is 0.318. The molecule has 1 saturated heterocycles. The minimum Gasteiger partial charge on any atom is -0.319 e. The van der Waals surface area contributed by atoms with Crippen molar-refractivity contribution in [3.05, 3.63) is 29.4 Å². The van der Waals surface area contributed by atoms with Crippen molar-refractivity contribution in [2.75, 3.05) is 26.7 Å². The third kappa shape index (κ3) is 4.07. The van der Waals surface area contributed by atoms with Gasteiger partial charge in [0, 0.05) is 41.7 Å². The van der Waals surface area contributed by atoms with E-state index in [-0.39, 0.29) is 12.4 Å². The van der Waals surface area contributed by atoms with E-state index in [0.29, 0.717) is 0 Å². The second-order valence-electron chi connectivity index (χ2n) is 5.62. The number of likely N-dealkylation sites (tertiary alicyclic amines) is 1. The molecule has 0 aliphatic carbocycles. The zero-order chi connectivity index (χ0) is 13.9. The fourth-order valence-corrected chi connectivity index (χ4v) is 3.92. The predicted molar refractivity (Wildman–Crippen MR) is 91.1 cm³/mol. The Labute approximate surface area is 136 Å². The molecule has 116 valence electrons. The lowest BCUT2D eigenvalue weighted by Crippen LogP contribution is -2.24. The van der Waals surface area contributed by atoms with Crippen LogP contribution in [0, 0.1) is 5.92 Å². The fraction of sp³-hybridized carbons (Fsp3) is 0.533. The number of nitrogens with one attached hydrogen (secondary N) is 1. The van der Waals surface area contributed by atoms with Crippen LogP contribution < -0.4 is 5.32 Å². The summed E-state index contributed by atoms with van der Waals surface area (Å²) in [6, 6.07) is 4.48. The van der Waals surface area contributed by atoms with Crippen molar-refractivity contribution in [1.82, 2.24) is 20.0 Å². The zero-order valence-corrected chi connectivity index (χ0v) is 14.2. The summed E-state index contributed by atoms with van der Waals surface area (Å²) in [7, 11) is 4.01. The molecular weight excluding hydrogens is 304 g/mol. The molecule has 2 aromatic heterocycles. The summed E-state index contributed by atoms with van der Waals surface area (Å²) in [6.45, 7) is 4.68. The Bertz CT molecular complexity index is 566. The number of hydrogen-bond donors (Lipinski definition) is 1. The van der Waals surface area contributed by atoms with Crippen molar-refractivity contribution in [3.8, 4) is 10.4 Å². The molecule has 1 aliphatic heterocycles. The van der Waals surface area contributed by atoms with E-state index >= 15 is 0 Å². The highest BCUT2D eigenvalue weighted by Crippen LogP contribution is 2.29. The average molecular weight is 327 g/mol. The molecule has 0 bridgehead atoms. The third-order valence-electron chi connectivity index (χ3n) is 3.89. The Morgan fingerprint density at radius 2 is 2.29 bits per heavy atom. The van der Waals surface area contributed by atoms with Crippen LogP contribution >= 0.6 is 23.7 Å². The standard InChI is InChI=1S/C15H22N4S.ClH/c1-16-7-12-5-6-19(9-12)11-14-3-4-15(20-14)13-8-17-18(2)10-13;/h3-4,8,10,12,16H,5-7,9,11H2,1-2H3;1H. The van der Waals surface area contributed by atoms with E-state index in [1.165, 1.54) is 34.8 Å². The SMILES string of the molecule is CNCC1CCN(Cc2ccc(-c3cnn(C)c3)s2)C1.Cl. The van der Waals surface area contributed by atoms with Crippen molar-refractivity contribution in [2.24, 2.45) is 13.0 Å². The van der Waals surface area contributed by atoms with E-state index < -0.39 is 0 Å². The predicted octanol–water partition coefficient (Wildman–Crippen LogP) is 2.61. The number of aryl methyl sites for hydroxylation is 1. The maximum absolute atomic E-state index is 4.24. The van der Waals surface area contributed by atoms with E-state index in [0.717, 1.165) is 19.0 Å². The Kier molecular flexibility index (Phi) is 5.81. The first-order valence-corrected chi connectivity index (χ1v) is 8.01. The number of hydrogen-bond acceptors (Lipinski definition) is 4. The molecule has 2 aromatic rings. The summed E-state index contributed by atoms with van der Waals surface area (Å²) in [6.07, 6.45) is 5.34. The van der Waals surface area contributed by atoms with Gasteiger partial charge in [0.05, 0.1) is 6.20 Å². The van der Waals surface area contributed by atoms with Crippen molar-refractivity contribution in [2.45, 2.75) is 13.0 Å². The number of aromatic nitrogens is 2. The van der Waals surface area contributed by atoms with Gasteiger partial charge < -0.3 is 5.32 Å². The lowest BCUT2D eigenvalue weighted by Gasteiger charge is -2.14. The van der Waals surface area contributed by atoms with Crippen LogP contribution in [0.5, 0.6) is 0 Å². The Balaban J connectivity index is 0.00000161. The molecule has 0 radical (unpaired) electrons. The Morgan fingerprint density at radius 3 is 3.00 bits per heavy atom. The number of halogens is 1. The molecule has 1 unspecified atom stereocenters. The van der Waals surface area contributed by atoms with Gasteiger partial charge in [0.1, 0.15) is 0 Å². The molecule has 0 aromatic carbocycles. The van der Waals surface area contributed by atoms with Crippen LogP contribution in [-0.4, -0.2) is 41.4 Å². The van der Waals surface area contributed by atoms with Gasteiger partial charge >= 0.3 is 0 Å². The van der Waals surface area contributed by atoms with Gasteiger partial charge in [0.15, 0.2) is 0 Å². The van der Waals surface area contributed by atoms with Gasteiger partial charge in [-0.1, -0.05) is 0 Å². The quantitative estimate of drug-likeness (QED) is 0.917. The molecule has 1 fully saturated rings. The van der Waals surface area contributed by atoms with E-state index in [9.17, 15) is 0 Å². The van der Waals surface area contributed by atoms with Crippen LogP contribution in [0.4, 0.5) is 0 Å². The molecule has 1 aliphatic rings. The summed E-state index contributed by atoms with van der Waals surface area (Å²) in [5.41, 5.74) is 1.22. The second kappa shape index (κ2) is 7.40. The highest BCUT2D eigenvalue weighted by Gasteiger charge is 2.22. The monoisotopic (exact) mass is 326 g/mol. The minimum absolute atomic E-state index is 0. The van der Waals surface area contributed by atoms with Gasteiger partial charge in [-0.25, -0.2) is 0 Å². The molecule has 4 nitrogen and oxygen atoms in total. The van der Waals surface area contributed by atoms with Crippen molar-refractivity contribution in [1.29, 1.82) is 0 Å². The summed E-state index contributed by atoms with van der Waals surface area (Å²) in [5.74, 6) is 0.817. The average Bonchev–Trinajstić information content (AvgIpc) is 3.12. The first-order chi connectivity index (χ1) is 9.74. The summed E-state index contributed by atoms with van der Waals surface area (Å²) in [4.78, 5) is 5.34. The number of nitrogens with zero attached hydrogens (tertiary/aromatic N) is 3. The molecule has 3 heterocycles. The molecule has 0 spiro atoms. The van der Waals surface area contributed by atoms with E-state index in [2.05, 4.69) is 33.6 Å². The van der Waals surface area contributed by atoms with Crippen LogP contribution in [0.25, 0.3) is 10.4 Å². The fourth-order valence-electron chi connectivity index (χ4n) is 2.90. The molecule has 0 saturated carbocycles. The third-order valence-corrected chi connectivity index (χ3v) is 5.01. The normalized spacial score (nSPS) is 18.9. The maximum atomic E-state index is 4.24. The lowest BCUT2D eigenvalue weighted by atomic mass is 10.1. The van der Waals surface area contributed by atoms with Crippen LogP contribution in [0.3, 0.4) is 0 Å². The van der Waals surface area contributed by atoms with Gasteiger partial charge in [-0.2, -0.15) is 5.10 Å². The van der Waals surface area contributed by atoms with Crippen LogP contribution in [-0.2, 0) is 13.6 Å². The maximum Gasteiger partial charge on any atom is 0.0576 e. The highest BCUT2D eigenvalue weighted by atomic mass is 35.5. The van der Waals surface area contributed by atoms with Crippen LogP contribution in [0.1, 0.15) is 11.3 Å². The van der Waals surface area contributed by atoms with Crippen LogP contribution in [0.2, 0.25) is 0 Å². The van der Waals surface area contributed by atoms with E-state index in [1.54, 1.807) is 0 Å². The summed E-state index contributed by atoms with van der Waals surface area (Å²) < 4.78 is 1.86. The largest absolute Gasteiger partial charge is 0.319 e. The molecule has 6 heteroatoms. The van der Waals surface area contributed by atoms with E-state index in [4.69, 9.17) is 0 Å². The first-order valence-electron chi connectivity index (χ1n) is 7.19. The molecule has 1 N–H and O–H groups in total. The molecular formula is C15H23ClN4S. The van der Waals surface area contributed by atoms with Crippen LogP contribution in [0.15, 0.2) is 24.5 Å².